The summed E-state index contributed by atoms with van der Waals surface area (Å²) in [6.07, 6.45) is 1.42. The number of hydrazine groups is 1. The molecule has 3 aliphatic heterocycles. The molecule has 0 aliphatic carbocycles. The molecule has 2 N–H and O–H groups in total. The first-order valence-corrected chi connectivity index (χ1v) is 10.8. The van der Waals surface area contributed by atoms with Crippen molar-refractivity contribution >= 4 is 29.4 Å². The van der Waals surface area contributed by atoms with Gasteiger partial charge in [0.15, 0.2) is 0 Å². The van der Waals surface area contributed by atoms with E-state index in [9.17, 15) is 28.4 Å². The van der Waals surface area contributed by atoms with Crippen LogP contribution in [0.2, 0.25) is 0 Å². The number of piperazine rings is 1. The fourth-order valence-electron chi connectivity index (χ4n) is 4.44. The van der Waals surface area contributed by atoms with Crippen LogP contribution in [0.5, 0.6) is 0 Å². The minimum absolute atomic E-state index is 0.00234. The Balaban J connectivity index is 1.26. The molecule has 0 saturated carbocycles. The molecule has 5 amide bonds. The SMILES string of the molecule is O=C1CCN(N2C(=O)c3ccc(CN4CCN(c5cc[nH]c(=O)c5F)CC4)cc3C2=O)C(=O)N1. The summed E-state index contributed by atoms with van der Waals surface area (Å²) in [5.74, 6) is -2.47. The van der Waals surface area contributed by atoms with Crippen molar-refractivity contribution in [2.75, 3.05) is 37.6 Å². The molecule has 1 aromatic carbocycles. The van der Waals surface area contributed by atoms with Crippen molar-refractivity contribution in [1.29, 1.82) is 0 Å². The number of anilines is 1. The second kappa shape index (κ2) is 8.37. The normalized spacial score (nSPS) is 19.0. The Hall–Kier alpha value is -4.06. The number of hydrogen-bond donors (Lipinski definition) is 2. The molecule has 2 aromatic rings. The number of imide groups is 2. The Morgan fingerprint density at radius 2 is 1.62 bits per heavy atom. The van der Waals surface area contributed by atoms with E-state index in [2.05, 4.69) is 15.2 Å². The number of pyridine rings is 1. The van der Waals surface area contributed by atoms with Crippen LogP contribution in [0.25, 0.3) is 0 Å². The van der Waals surface area contributed by atoms with Gasteiger partial charge in [-0.2, -0.15) is 9.40 Å². The molecular weight excluding hydrogens is 447 g/mol. The van der Waals surface area contributed by atoms with Gasteiger partial charge in [-0.3, -0.25) is 29.4 Å². The molecule has 0 atom stereocenters. The first-order chi connectivity index (χ1) is 16.3. The molecule has 0 bridgehead atoms. The third kappa shape index (κ3) is 3.71. The number of benzene rings is 1. The molecule has 2 saturated heterocycles. The topological polar surface area (TPSA) is 126 Å². The van der Waals surface area contributed by atoms with E-state index in [1.54, 1.807) is 24.3 Å². The average molecular weight is 468 g/mol. The molecule has 0 spiro atoms. The van der Waals surface area contributed by atoms with Crippen LogP contribution in [-0.2, 0) is 11.3 Å². The van der Waals surface area contributed by atoms with E-state index in [1.807, 2.05) is 4.90 Å². The van der Waals surface area contributed by atoms with Gasteiger partial charge >= 0.3 is 6.03 Å². The van der Waals surface area contributed by atoms with Crippen molar-refractivity contribution in [2.45, 2.75) is 13.0 Å². The van der Waals surface area contributed by atoms with Crippen LogP contribution >= 0.6 is 0 Å². The smallest absolute Gasteiger partial charge is 0.343 e. The second-order valence-electron chi connectivity index (χ2n) is 8.30. The number of fused-ring (bicyclic) bond motifs is 1. The van der Waals surface area contributed by atoms with Gasteiger partial charge in [0.05, 0.1) is 23.4 Å². The molecule has 176 valence electrons. The summed E-state index contributed by atoms with van der Waals surface area (Å²) in [5.41, 5.74) is 0.744. The number of nitrogens with one attached hydrogen (secondary N) is 2. The zero-order valence-corrected chi connectivity index (χ0v) is 18.0. The second-order valence-corrected chi connectivity index (χ2v) is 8.30. The van der Waals surface area contributed by atoms with Gasteiger partial charge in [0.2, 0.25) is 11.7 Å². The molecule has 5 rings (SSSR count). The molecule has 3 aliphatic rings. The van der Waals surface area contributed by atoms with E-state index >= 15 is 0 Å². The minimum atomic E-state index is -0.805. The van der Waals surface area contributed by atoms with Crippen LogP contribution in [0.3, 0.4) is 0 Å². The maximum absolute atomic E-state index is 14.1. The number of urea groups is 1. The number of amides is 5. The number of aromatic nitrogens is 1. The summed E-state index contributed by atoms with van der Waals surface area (Å²) in [4.78, 5) is 67.0. The number of halogens is 1. The highest BCUT2D eigenvalue weighted by molar-refractivity contribution is 6.22. The van der Waals surface area contributed by atoms with Gasteiger partial charge < -0.3 is 9.88 Å². The molecule has 4 heterocycles. The van der Waals surface area contributed by atoms with Gasteiger partial charge in [-0.25, -0.2) is 9.80 Å². The van der Waals surface area contributed by atoms with Crippen LogP contribution in [0.4, 0.5) is 14.9 Å². The fourth-order valence-corrected chi connectivity index (χ4v) is 4.44. The monoisotopic (exact) mass is 468 g/mol. The van der Waals surface area contributed by atoms with Crippen molar-refractivity contribution < 1.29 is 23.6 Å². The Kier molecular flexibility index (Phi) is 5.36. The van der Waals surface area contributed by atoms with Gasteiger partial charge in [0.1, 0.15) is 0 Å². The standard InChI is InChI=1S/C22H21FN6O5/c23-18-16(3-5-24-19(18)31)27-9-7-26(8-10-27)12-13-1-2-14-15(11-13)21(33)29(20(14)32)28-6-4-17(30)25-22(28)34/h1-3,5,11H,4,6-10,12H2,(H,24,31)(H,25,30,34). The molecule has 2 fully saturated rings. The van der Waals surface area contributed by atoms with Gasteiger partial charge in [-0.05, 0) is 23.8 Å². The zero-order chi connectivity index (χ0) is 24.0. The fraction of sp³-hybridized carbons (Fsp3) is 0.318. The minimum Gasteiger partial charge on any atom is -0.366 e. The van der Waals surface area contributed by atoms with E-state index in [1.165, 1.54) is 6.20 Å². The summed E-state index contributed by atoms with van der Waals surface area (Å²) in [6.45, 7) is 2.74. The predicted molar refractivity (Wildman–Crippen MR) is 116 cm³/mol. The van der Waals surface area contributed by atoms with Crippen LogP contribution < -0.4 is 15.8 Å². The van der Waals surface area contributed by atoms with Crippen molar-refractivity contribution in [3.05, 3.63) is 63.3 Å². The summed E-state index contributed by atoms with van der Waals surface area (Å²) < 4.78 is 14.1. The highest BCUT2D eigenvalue weighted by atomic mass is 19.1. The summed E-state index contributed by atoms with van der Waals surface area (Å²) >= 11 is 0. The van der Waals surface area contributed by atoms with Gasteiger partial charge in [0.25, 0.3) is 17.4 Å². The first-order valence-electron chi connectivity index (χ1n) is 10.8. The number of hydrogen-bond acceptors (Lipinski definition) is 7. The highest BCUT2D eigenvalue weighted by Crippen LogP contribution is 2.27. The molecule has 11 nitrogen and oxygen atoms in total. The average Bonchev–Trinajstić information content (AvgIpc) is 3.06. The summed E-state index contributed by atoms with van der Waals surface area (Å²) in [5, 5.41) is 3.85. The third-order valence-electron chi connectivity index (χ3n) is 6.20. The molecule has 1 aromatic heterocycles. The van der Waals surface area contributed by atoms with Crippen LogP contribution in [-0.4, -0.2) is 76.4 Å². The van der Waals surface area contributed by atoms with E-state index < -0.39 is 35.1 Å². The number of H-pyrrole nitrogens is 1. The van der Waals surface area contributed by atoms with Crippen LogP contribution in [0, 0.1) is 5.82 Å². The first kappa shape index (κ1) is 21.8. The van der Waals surface area contributed by atoms with Crippen molar-refractivity contribution in [2.24, 2.45) is 0 Å². The Morgan fingerprint density at radius 3 is 2.35 bits per heavy atom. The maximum Gasteiger partial charge on any atom is 0.343 e. The lowest BCUT2D eigenvalue weighted by molar-refractivity contribution is -0.122. The lowest BCUT2D eigenvalue weighted by Crippen LogP contribution is -2.58. The van der Waals surface area contributed by atoms with Crippen LogP contribution in [0.1, 0.15) is 32.7 Å². The Labute approximate surface area is 192 Å². The van der Waals surface area contributed by atoms with Crippen LogP contribution in [0.15, 0.2) is 35.3 Å². The lowest BCUT2D eigenvalue weighted by Gasteiger charge is -2.36. The quantitative estimate of drug-likeness (QED) is 0.618. The largest absolute Gasteiger partial charge is 0.366 e. The molecule has 0 unspecified atom stereocenters. The van der Waals surface area contributed by atoms with E-state index in [0.717, 1.165) is 15.6 Å². The van der Waals surface area contributed by atoms with Crippen molar-refractivity contribution in [3.8, 4) is 0 Å². The number of carbonyl (C=O) groups excluding carboxylic acids is 4. The van der Waals surface area contributed by atoms with Gasteiger partial charge in [0, 0.05) is 45.3 Å². The van der Waals surface area contributed by atoms with Gasteiger partial charge in [-0.15, -0.1) is 0 Å². The van der Waals surface area contributed by atoms with E-state index in [-0.39, 0.29) is 29.8 Å². The highest BCUT2D eigenvalue weighted by Gasteiger charge is 2.43. The number of carbonyl (C=O) groups is 4. The van der Waals surface area contributed by atoms with E-state index in [0.29, 0.717) is 32.7 Å². The molecule has 34 heavy (non-hydrogen) atoms. The lowest BCUT2D eigenvalue weighted by atomic mass is 10.1. The number of nitrogens with zero attached hydrogens (tertiary/aromatic N) is 4. The summed E-state index contributed by atoms with van der Waals surface area (Å²) in [7, 11) is 0. The van der Waals surface area contributed by atoms with Crippen molar-refractivity contribution in [1.82, 2.24) is 25.2 Å². The third-order valence-corrected chi connectivity index (χ3v) is 6.20. The molecule has 0 radical (unpaired) electrons. The Morgan fingerprint density at radius 1 is 0.882 bits per heavy atom. The molecular formula is C22H21FN6O5. The zero-order valence-electron chi connectivity index (χ0n) is 18.0. The summed E-state index contributed by atoms with van der Waals surface area (Å²) in [6, 6.07) is 5.71. The van der Waals surface area contributed by atoms with Crippen molar-refractivity contribution in [3.63, 3.8) is 0 Å². The van der Waals surface area contributed by atoms with E-state index in [4.69, 9.17) is 0 Å². The predicted octanol–water partition coefficient (Wildman–Crippen LogP) is 0.289. The number of aromatic amines is 1. The van der Waals surface area contributed by atoms with Gasteiger partial charge in [-0.1, -0.05) is 6.07 Å². The molecule has 12 heteroatoms. The maximum atomic E-state index is 14.1. The Bertz CT molecular complexity index is 1270. The number of rotatable bonds is 4.